The number of anilines is 1. The van der Waals surface area contributed by atoms with Crippen LogP contribution in [0.2, 0.25) is 0 Å². The third-order valence-electron chi connectivity index (χ3n) is 7.75. The molecule has 2 aromatic heterocycles. The van der Waals surface area contributed by atoms with Crippen LogP contribution in [0, 0.1) is 12.7 Å². The SMILES string of the molecule is Cc1ccc2c(CS(=O)(=O)CCC(F)(F)F)c(F)ccc2c1Oc1ncccc1-c1ccnc(N[C@H]2C[C@H](F)CN(C(=O)OC(C)(C)C)C2)n1. The molecule has 50 heavy (non-hydrogen) atoms. The summed E-state index contributed by atoms with van der Waals surface area (Å²) in [5, 5.41) is 3.58. The zero-order valence-corrected chi connectivity index (χ0v) is 28.5. The Balaban J connectivity index is 1.41. The van der Waals surface area contributed by atoms with Gasteiger partial charge in [-0.1, -0.05) is 12.1 Å². The van der Waals surface area contributed by atoms with Crippen molar-refractivity contribution in [2.45, 2.75) is 70.3 Å². The van der Waals surface area contributed by atoms with E-state index in [2.05, 4.69) is 20.3 Å². The second-order valence-electron chi connectivity index (χ2n) is 13.1. The van der Waals surface area contributed by atoms with Gasteiger partial charge in [0.1, 0.15) is 23.3 Å². The van der Waals surface area contributed by atoms with Gasteiger partial charge >= 0.3 is 12.3 Å². The van der Waals surface area contributed by atoms with Gasteiger partial charge < -0.3 is 19.7 Å². The van der Waals surface area contributed by atoms with E-state index in [0.29, 0.717) is 22.2 Å². The zero-order valence-electron chi connectivity index (χ0n) is 27.7. The summed E-state index contributed by atoms with van der Waals surface area (Å²) < 4.78 is 105. The van der Waals surface area contributed by atoms with E-state index in [-0.39, 0.29) is 48.0 Å². The molecule has 2 atom stereocenters. The lowest BCUT2D eigenvalue weighted by Gasteiger charge is -2.36. The second-order valence-corrected chi connectivity index (χ2v) is 15.3. The fraction of sp³-hybridized carbons (Fsp3) is 0.412. The van der Waals surface area contributed by atoms with Crippen LogP contribution in [0.4, 0.5) is 32.7 Å². The first-order chi connectivity index (χ1) is 23.4. The average molecular weight is 722 g/mol. The summed E-state index contributed by atoms with van der Waals surface area (Å²) in [6.45, 7) is 6.97. The van der Waals surface area contributed by atoms with E-state index in [1.807, 2.05) is 0 Å². The van der Waals surface area contributed by atoms with Crippen molar-refractivity contribution in [1.82, 2.24) is 19.9 Å². The first-order valence-electron chi connectivity index (χ1n) is 15.7. The van der Waals surface area contributed by atoms with E-state index >= 15 is 4.39 Å². The zero-order chi connectivity index (χ0) is 36.4. The van der Waals surface area contributed by atoms with E-state index < -0.39 is 63.7 Å². The van der Waals surface area contributed by atoms with Gasteiger partial charge in [0, 0.05) is 42.4 Å². The van der Waals surface area contributed by atoms with Crippen LogP contribution < -0.4 is 10.1 Å². The monoisotopic (exact) mass is 721 g/mol. The Kier molecular flexibility index (Phi) is 10.5. The molecular formula is C34H36F5N5O5S. The van der Waals surface area contributed by atoms with Gasteiger partial charge in [-0.25, -0.2) is 36.9 Å². The highest BCUT2D eigenvalue weighted by Gasteiger charge is 2.33. The first-order valence-corrected chi connectivity index (χ1v) is 17.5. The number of alkyl halides is 4. The maximum absolute atomic E-state index is 15.0. The Morgan fingerprint density at radius 1 is 1.02 bits per heavy atom. The molecule has 3 heterocycles. The normalized spacial score (nSPS) is 17.1. The molecule has 0 unspecified atom stereocenters. The molecule has 1 saturated heterocycles. The summed E-state index contributed by atoms with van der Waals surface area (Å²) in [4.78, 5) is 27.1. The van der Waals surface area contributed by atoms with Gasteiger partial charge in [0.15, 0.2) is 9.84 Å². The van der Waals surface area contributed by atoms with E-state index in [4.69, 9.17) is 9.47 Å². The number of hydrogen-bond donors (Lipinski definition) is 1. The number of halogens is 5. The molecule has 4 aromatic rings. The minimum Gasteiger partial charge on any atom is -0.444 e. The van der Waals surface area contributed by atoms with Gasteiger partial charge in [-0.05, 0) is 69.0 Å². The lowest BCUT2D eigenvalue weighted by molar-refractivity contribution is -0.129. The maximum atomic E-state index is 15.0. The largest absolute Gasteiger partial charge is 0.444 e. The summed E-state index contributed by atoms with van der Waals surface area (Å²) in [6, 6.07) is 9.96. The number of pyridine rings is 1. The van der Waals surface area contributed by atoms with E-state index in [9.17, 15) is 30.8 Å². The minimum atomic E-state index is -4.68. The Labute approximate surface area is 286 Å². The number of aryl methyl sites for hydroxylation is 1. The molecule has 1 amide bonds. The van der Waals surface area contributed by atoms with E-state index in [0.717, 1.165) is 6.07 Å². The molecule has 0 radical (unpaired) electrons. The van der Waals surface area contributed by atoms with Gasteiger partial charge in [0.05, 0.1) is 35.7 Å². The first kappa shape index (κ1) is 36.7. The number of carbonyl (C=O) groups is 1. The highest BCUT2D eigenvalue weighted by atomic mass is 32.2. The lowest BCUT2D eigenvalue weighted by Crippen LogP contribution is -2.51. The Bertz CT molecular complexity index is 1990. The molecule has 1 fully saturated rings. The van der Waals surface area contributed by atoms with E-state index in [1.165, 1.54) is 29.4 Å². The maximum Gasteiger partial charge on any atom is 0.410 e. The molecule has 0 aliphatic carbocycles. The number of sulfone groups is 1. The number of fused-ring (bicyclic) bond motifs is 1. The molecule has 2 aromatic carbocycles. The molecule has 268 valence electrons. The number of aromatic nitrogens is 3. The van der Waals surface area contributed by atoms with Crippen LogP contribution in [0.3, 0.4) is 0 Å². The van der Waals surface area contributed by atoms with Gasteiger partial charge in [-0.15, -0.1) is 0 Å². The predicted octanol–water partition coefficient (Wildman–Crippen LogP) is 7.56. The number of hydrogen-bond acceptors (Lipinski definition) is 9. The number of nitrogens with zero attached hydrogens (tertiary/aromatic N) is 4. The average Bonchev–Trinajstić information content (AvgIpc) is 3.02. The van der Waals surface area contributed by atoms with Gasteiger partial charge in [0.2, 0.25) is 11.8 Å². The molecule has 16 heteroatoms. The van der Waals surface area contributed by atoms with Crippen molar-refractivity contribution in [3.8, 4) is 22.9 Å². The van der Waals surface area contributed by atoms with Crippen LogP contribution in [-0.4, -0.2) is 77.2 Å². The minimum absolute atomic E-state index is 0.0917. The van der Waals surface area contributed by atoms with Crippen LogP contribution in [-0.2, 0) is 20.3 Å². The van der Waals surface area contributed by atoms with E-state index in [1.54, 1.807) is 52.0 Å². The highest BCUT2D eigenvalue weighted by Crippen LogP contribution is 2.39. The Morgan fingerprint density at radius 2 is 1.76 bits per heavy atom. The Hall–Kier alpha value is -4.60. The predicted molar refractivity (Wildman–Crippen MR) is 177 cm³/mol. The molecule has 10 nitrogen and oxygen atoms in total. The van der Waals surface area contributed by atoms with Gasteiger partial charge in [0.25, 0.3) is 0 Å². The summed E-state index contributed by atoms with van der Waals surface area (Å²) in [7, 11) is -4.32. The van der Waals surface area contributed by atoms with Crippen LogP contribution in [0.5, 0.6) is 11.6 Å². The quantitative estimate of drug-likeness (QED) is 0.175. The lowest BCUT2D eigenvalue weighted by atomic mass is 10.0. The molecule has 0 saturated carbocycles. The second kappa shape index (κ2) is 14.3. The fourth-order valence-corrected chi connectivity index (χ4v) is 6.93. The van der Waals surface area contributed by atoms with Crippen LogP contribution in [0.1, 0.15) is 44.7 Å². The number of benzene rings is 2. The summed E-state index contributed by atoms with van der Waals surface area (Å²) in [5.74, 6) is -2.51. The molecule has 0 bridgehead atoms. The van der Waals surface area contributed by atoms with Crippen molar-refractivity contribution in [2.75, 3.05) is 24.2 Å². The summed E-state index contributed by atoms with van der Waals surface area (Å²) in [5.41, 5.74) is 0.374. The van der Waals surface area contributed by atoms with Crippen molar-refractivity contribution in [3.05, 3.63) is 71.8 Å². The van der Waals surface area contributed by atoms with Crippen LogP contribution in [0.25, 0.3) is 22.0 Å². The Morgan fingerprint density at radius 3 is 2.48 bits per heavy atom. The topological polar surface area (TPSA) is 124 Å². The summed E-state index contributed by atoms with van der Waals surface area (Å²) in [6.07, 6.45) is -5.07. The standard InChI is InChI=1S/C34H36F5N5O5S/c1-20-7-8-23-24(9-10-27(36)26(23)19-50(46,47)15-12-34(37,38)39)29(20)48-30-25(6-5-13-40-30)28-11-14-41-31(43-28)42-22-16-21(35)17-44(18-22)32(45)49-33(2,3)4/h5-11,13-14,21-22H,12,15-19H2,1-4H3,(H,41,42,43)/t21-,22-/m0/s1. The number of nitrogens with one attached hydrogen (secondary N) is 1. The van der Waals surface area contributed by atoms with Crippen LogP contribution in [0.15, 0.2) is 54.9 Å². The molecular weight excluding hydrogens is 685 g/mol. The van der Waals surface area contributed by atoms with Crippen molar-refractivity contribution in [1.29, 1.82) is 0 Å². The number of piperidine rings is 1. The third-order valence-corrected chi connectivity index (χ3v) is 9.30. The van der Waals surface area contributed by atoms with Crippen molar-refractivity contribution in [3.63, 3.8) is 0 Å². The number of likely N-dealkylation sites (tertiary alicyclic amines) is 1. The number of carbonyl (C=O) groups excluding carboxylic acids is 1. The molecule has 1 aliphatic heterocycles. The molecule has 0 spiro atoms. The van der Waals surface area contributed by atoms with Crippen molar-refractivity contribution in [2.24, 2.45) is 0 Å². The van der Waals surface area contributed by atoms with Gasteiger partial charge in [-0.3, -0.25) is 0 Å². The fourth-order valence-electron chi connectivity index (χ4n) is 5.51. The molecule has 1 aliphatic rings. The smallest absolute Gasteiger partial charge is 0.410 e. The molecule has 1 N–H and O–H groups in total. The number of ether oxygens (including phenoxy) is 2. The number of rotatable bonds is 9. The molecule has 5 rings (SSSR count). The number of amides is 1. The van der Waals surface area contributed by atoms with Crippen LogP contribution >= 0.6 is 0 Å². The summed E-state index contributed by atoms with van der Waals surface area (Å²) >= 11 is 0. The van der Waals surface area contributed by atoms with Crippen molar-refractivity contribution >= 4 is 32.7 Å². The third kappa shape index (κ3) is 9.34. The highest BCUT2D eigenvalue weighted by molar-refractivity contribution is 7.90. The van der Waals surface area contributed by atoms with Gasteiger partial charge in [-0.2, -0.15) is 13.2 Å². The van der Waals surface area contributed by atoms with Crippen molar-refractivity contribution < 1.29 is 44.6 Å².